The number of pyridine rings is 1. The Morgan fingerprint density at radius 2 is 1.78 bits per heavy atom. The van der Waals surface area contributed by atoms with Crippen LogP contribution in [0.5, 0.6) is 11.6 Å². The third kappa shape index (κ3) is 2.71. The number of aryl methyl sites for hydroxylation is 2. The highest BCUT2D eigenvalue weighted by Gasteiger charge is 2.04. The topological polar surface area (TPSA) is 60.2 Å². The zero-order valence-corrected chi connectivity index (χ0v) is 10.8. The maximum atomic E-state index is 5.76. The van der Waals surface area contributed by atoms with Gasteiger partial charge in [0.2, 0.25) is 5.88 Å². The van der Waals surface area contributed by atoms with E-state index in [0.29, 0.717) is 17.4 Å². The van der Waals surface area contributed by atoms with Gasteiger partial charge in [-0.25, -0.2) is 0 Å². The van der Waals surface area contributed by atoms with Crippen molar-refractivity contribution >= 4 is 11.5 Å². The lowest BCUT2D eigenvalue weighted by atomic mass is 10.1. The summed E-state index contributed by atoms with van der Waals surface area (Å²) in [6.45, 7) is 4.07. The molecule has 0 spiro atoms. The first-order chi connectivity index (χ1) is 8.58. The summed E-state index contributed by atoms with van der Waals surface area (Å²) < 4.78 is 5.73. The van der Waals surface area contributed by atoms with Crippen LogP contribution in [0.4, 0.5) is 11.5 Å². The molecule has 0 atom stereocenters. The van der Waals surface area contributed by atoms with Crippen LogP contribution >= 0.6 is 0 Å². The van der Waals surface area contributed by atoms with Crippen molar-refractivity contribution in [2.45, 2.75) is 13.8 Å². The van der Waals surface area contributed by atoms with Crippen molar-refractivity contribution in [3.8, 4) is 11.6 Å². The lowest BCUT2D eigenvalue weighted by molar-refractivity contribution is 0.463. The quantitative estimate of drug-likeness (QED) is 0.869. The second kappa shape index (κ2) is 4.96. The van der Waals surface area contributed by atoms with Gasteiger partial charge in [0.25, 0.3) is 0 Å². The van der Waals surface area contributed by atoms with Gasteiger partial charge >= 0.3 is 0 Å². The molecule has 2 aromatic rings. The highest BCUT2D eigenvalue weighted by molar-refractivity contribution is 5.61. The maximum absolute atomic E-state index is 5.76. The highest BCUT2D eigenvalue weighted by Crippen LogP contribution is 2.25. The van der Waals surface area contributed by atoms with Crippen LogP contribution in [0.15, 0.2) is 30.3 Å². The summed E-state index contributed by atoms with van der Waals surface area (Å²) in [4.78, 5) is 4.29. The number of rotatable bonds is 3. The Bertz CT molecular complexity index is 547. The number of aromatic nitrogens is 1. The van der Waals surface area contributed by atoms with E-state index in [0.717, 1.165) is 16.9 Å². The van der Waals surface area contributed by atoms with Gasteiger partial charge in [0.15, 0.2) is 5.82 Å². The Hall–Kier alpha value is -2.23. The van der Waals surface area contributed by atoms with E-state index in [-0.39, 0.29) is 0 Å². The molecule has 18 heavy (non-hydrogen) atoms. The standard InChI is InChI=1S/C14H17N3O/c1-9-6-10(2)8-11(7-9)18-13-5-4-12(15)14(16-3)17-13/h4-8H,15H2,1-3H3,(H,16,17). The molecule has 1 aromatic carbocycles. The summed E-state index contributed by atoms with van der Waals surface area (Å²) >= 11 is 0. The number of nitrogens with two attached hydrogens (primary N) is 1. The van der Waals surface area contributed by atoms with Crippen LogP contribution in [0.2, 0.25) is 0 Å². The predicted octanol–water partition coefficient (Wildman–Crippen LogP) is 3.11. The molecule has 0 radical (unpaired) electrons. The van der Waals surface area contributed by atoms with Crippen LogP contribution in [0.1, 0.15) is 11.1 Å². The van der Waals surface area contributed by atoms with E-state index in [1.807, 2.05) is 26.0 Å². The Balaban J connectivity index is 2.28. The van der Waals surface area contributed by atoms with Crippen LogP contribution in [-0.2, 0) is 0 Å². The molecule has 94 valence electrons. The first-order valence-corrected chi connectivity index (χ1v) is 5.79. The number of anilines is 2. The van der Waals surface area contributed by atoms with E-state index < -0.39 is 0 Å². The Labute approximate surface area is 107 Å². The van der Waals surface area contributed by atoms with Crippen LogP contribution in [-0.4, -0.2) is 12.0 Å². The number of nitrogen functional groups attached to an aromatic ring is 1. The van der Waals surface area contributed by atoms with Crippen molar-refractivity contribution in [2.24, 2.45) is 0 Å². The second-order valence-corrected chi connectivity index (χ2v) is 4.26. The van der Waals surface area contributed by atoms with Gasteiger partial charge in [-0.05, 0) is 43.2 Å². The molecule has 1 heterocycles. The Kier molecular flexibility index (Phi) is 3.37. The maximum Gasteiger partial charge on any atom is 0.221 e. The molecule has 0 saturated heterocycles. The fourth-order valence-corrected chi connectivity index (χ4v) is 1.82. The van der Waals surface area contributed by atoms with Gasteiger partial charge in [-0.15, -0.1) is 0 Å². The van der Waals surface area contributed by atoms with E-state index in [2.05, 4.69) is 16.4 Å². The average molecular weight is 243 g/mol. The summed E-state index contributed by atoms with van der Waals surface area (Å²) in [6, 6.07) is 9.58. The molecule has 0 aliphatic rings. The molecule has 0 aliphatic heterocycles. The van der Waals surface area contributed by atoms with Gasteiger partial charge in [-0.1, -0.05) is 6.07 Å². The molecule has 4 heteroatoms. The number of ether oxygens (including phenoxy) is 1. The SMILES string of the molecule is CNc1nc(Oc2cc(C)cc(C)c2)ccc1N. The minimum Gasteiger partial charge on any atom is -0.439 e. The summed E-state index contributed by atoms with van der Waals surface area (Å²) in [5.41, 5.74) is 8.69. The van der Waals surface area contributed by atoms with Gasteiger partial charge in [0.1, 0.15) is 5.75 Å². The fraction of sp³-hybridized carbons (Fsp3) is 0.214. The van der Waals surface area contributed by atoms with E-state index in [1.54, 1.807) is 19.2 Å². The first kappa shape index (κ1) is 12.2. The fourth-order valence-electron chi connectivity index (χ4n) is 1.82. The Morgan fingerprint density at radius 1 is 1.11 bits per heavy atom. The molecule has 0 unspecified atom stereocenters. The van der Waals surface area contributed by atoms with Gasteiger partial charge in [-0.3, -0.25) is 0 Å². The van der Waals surface area contributed by atoms with Gasteiger partial charge in [0, 0.05) is 13.1 Å². The van der Waals surface area contributed by atoms with Gasteiger partial charge in [0.05, 0.1) is 5.69 Å². The molecule has 0 saturated carbocycles. The largest absolute Gasteiger partial charge is 0.439 e. The van der Waals surface area contributed by atoms with Crippen LogP contribution in [0.25, 0.3) is 0 Å². The molecule has 0 aliphatic carbocycles. The zero-order valence-electron chi connectivity index (χ0n) is 10.8. The summed E-state index contributed by atoms with van der Waals surface area (Å²) in [6.07, 6.45) is 0. The number of hydrogen-bond acceptors (Lipinski definition) is 4. The minimum atomic E-state index is 0.526. The van der Waals surface area contributed by atoms with Crippen LogP contribution in [0, 0.1) is 13.8 Å². The van der Waals surface area contributed by atoms with Crippen LogP contribution < -0.4 is 15.8 Å². The van der Waals surface area contributed by atoms with Crippen molar-refractivity contribution in [1.82, 2.24) is 4.98 Å². The molecular weight excluding hydrogens is 226 g/mol. The molecule has 4 nitrogen and oxygen atoms in total. The Morgan fingerprint density at radius 3 is 2.39 bits per heavy atom. The third-order valence-corrected chi connectivity index (χ3v) is 2.56. The van der Waals surface area contributed by atoms with Crippen molar-refractivity contribution in [3.05, 3.63) is 41.5 Å². The van der Waals surface area contributed by atoms with E-state index >= 15 is 0 Å². The number of nitrogens with one attached hydrogen (secondary N) is 1. The predicted molar refractivity (Wildman–Crippen MR) is 74.2 cm³/mol. The minimum absolute atomic E-state index is 0.526. The third-order valence-electron chi connectivity index (χ3n) is 2.56. The molecule has 0 bridgehead atoms. The van der Waals surface area contributed by atoms with E-state index in [1.165, 1.54) is 0 Å². The normalized spacial score (nSPS) is 10.2. The smallest absolute Gasteiger partial charge is 0.221 e. The van der Waals surface area contributed by atoms with Gasteiger partial charge in [-0.2, -0.15) is 4.98 Å². The molecule has 1 aromatic heterocycles. The lowest BCUT2D eigenvalue weighted by Gasteiger charge is -2.09. The summed E-state index contributed by atoms with van der Waals surface area (Å²) in [5, 5.41) is 2.93. The van der Waals surface area contributed by atoms with E-state index in [9.17, 15) is 0 Å². The van der Waals surface area contributed by atoms with Crippen molar-refractivity contribution < 1.29 is 4.74 Å². The molecule has 3 N–H and O–H groups in total. The number of nitrogens with zero attached hydrogens (tertiary/aromatic N) is 1. The lowest BCUT2D eigenvalue weighted by Crippen LogP contribution is -2.00. The van der Waals surface area contributed by atoms with Crippen LogP contribution in [0.3, 0.4) is 0 Å². The molecule has 0 fully saturated rings. The van der Waals surface area contributed by atoms with Crippen molar-refractivity contribution in [2.75, 3.05) is 18.1 Å². The molecule has 0 amide bonds. The second-order valence-electron chi connectivity index (χ2n) is 4.26. The first-order valence-electron chi connectivity index (χ1n) is 5.79. The summed E-state index contributed by atoms with van der Waals surface area (Å²) in [7, 11) is 1.78. The number of benzene rings is 1. The van der Waals surface area contributed by atoms with Gasteiger partial charge < -0.3 is 15.8 Å². The molecule has 2 rings (SSSR count). The van der Waals surface area contributed by atoms with E-state index in [4.69, 9.17) is 10.5 Å². The number of hydrogen-bond donors (Lipinski definition) is 2. The monoisotopic (exact) mass is 243 g/mol. The highest BCUT2D eigenvalue weighted by atomic mass is 16.5. The van der Waals surface area contributed by atoms with Crippen molar-refractivity contribution in [1.29, 1.82) is 0 Å². The molecular formula is C14H17N3O. The average Bonchev–Trinajstić information content (AvgIpc) is 2.30. The van der Waals surface area contributed by atoms with Crippen molar-refractivity contribution in [3.63, 3.8) is 0 Å². The summed E-state index contributed by atoms with van der Waals surface area (Å²) in [5.74, 6) is 1.93. The zero-order chi connectivity index (χ0) is 13.1.